The zero-order chi connectivity index (χ0) is 10.7. The largest absolute Gasteiger partial charge is 0.304 e. The molecule has 2 nitrogen and oxygen atoms in total. The summed E-state index contributed by atoms with van der Waals surface area (Å²) in [4.78, 5) is 15.2. The fraction of sp³-hybridized carbons (Fsp3) is 0.455. The molecule has 0 aliphatic carbocycles. The fourth-order valence-corrected chi connectivity index (χ4v) is 2.37. The molecule has 14 heavy (non-hydrogen) atoms. The first kappa shape index (κ1) is 11.2. The SMILES string of the molecule is Cc1cc(C(=C=O)CN(C)C)c(C)s1. The van der Waals surface area contributed by atoms with Crippen LogP contribution in [0.4, 0.5) is 0 Å². The normalized spacial score (nSPS) is 10.4. The van der Waals surface area contributed by atoms with Crippen LogP contribution >= 0.6 is 11.3 Å². The first-order valence-electron chi connectivity index (χ1n) is 4.50. The maximum absolute atomic E-state index is 10.8. The topological polar surface area (TPSA) is 20.3 Å². The number of likely N-dealkylation sites (N-methyl/N-ethyl adjacent to an activating group) is 1. The Bertz CT molecular complexity index is 373. The standard InChI is InChI=1S/C11H15NOS/c1-8-5-11(9(2)14-8)10(7-13)6-12(3)4/h5H,6H2,1-4H3. The first-order chi connectivity index (χ1) is 6.54. The van der Waals surface area contributed by atoms with Crippen LogP contribution < -0.4 is 0 Å². The molecule has 1 rings (SSSR count). The van der Waals surface area contributed by atoms with Crippen molar-refractivity contribution in [3.8, 4) is 0 Å². The van der Waals surface area contributed by atoms with E-state index in [-0.39, 0.29) is 0 Å². The van der Waals surface area contributed by atoms with Gasteiger partial charge in [0.25, 0.3) is 0 Å². The number of hydrogen-bond acceptors (Lipinski definition) is 3. The lowest BCUT2D eigenvalue weighted by atomic mass is 10.1. The number of hydrogen-bond donors (Lipinski definition) is 0. The van der Waals surface area contributed by atoms with Crippen molar-refractivity contribution in [2.24, 2.45) is 0 Å². The summed E-state index contributed by atoms with van der Waals surface area (Å²) in [5, 5.41) is 0. The Balaban J connectivity index is 3.02. The van der Waals surface area contributed by atoms with Gasteiger partial charge in [-0.2, -0.15) is 0 Å². The van der Waals surface area contributed by atoms with Gasteiger partial charge in [0.1, 0.15) is 5.94 Å². The average Bonchev–Trinajstić information content (AvgIpc) is 2.41. The third-order valence-electron chi connectivity index (χ3n) is 1.96. The minimum atomic E-state index is 0.653. The molecule has 76 valence electrons. The highest BCUT2D eigenvalue weighted by molar-refractivity contribution is 7.12. The Morgan fingerprint density at radius 2 is 2.14 bits per heavy atom. The maximum atomic E-state index is 10.8. The quantitative estimate of drug-likeness (QED) is 0.711. The van der Waals surface area contributed by atoms with Crippen LogP contribution in [0.3, 0.4) is 0 Å². The highest BCUT2D eigenvalue weighted by Gasteiger charge is 2.10. The molecule has 1 aromatic heterocycles. The average molecular weight is 209 g/mol. The van der Waals surface area contributed by atoms with Gasteiger partial charge in [-0.25, -0.2) is 4.79 Å². The molecule has 0 amide bonds. The van der Waals surface area contributed by atoms with E-state index in [0.29, 0.717) is 6.54 Å². The molecule has 0 atom stereocenters. The van der Waals surface area contributed by atoms with Crippen LogP contribution in [-0.4, -0.2) is 31.5 Å². The lowest BCUT2D eigenvalue weighted by Gasteiger charge is -2.09. The van der Waals surface area contributed by atoms with E-state index in [9.17, 15) is 4.79 Å². The van der Waals surface area contributed by atoms with Crippen LogP contribution in [0, 0.1) is 13.8 Å². The van der Waals surface area contributed by atoms with Crippen LogP contribution in [0.15, 0.2) is 6.07 Å². The summed E-state index contributed by atoms with van der Waals surface area (Å²) in [6, 6.07) is 2.06. The van der Waals surface area contributed by atoms with E-state index in [1.165, 1.54) is 9.75 Å². The van der Waals surface area contributed by atoms with E-state index in [4.69, 9.17) is 0 Å². The lowest BCUT2D eigenvalue weighted by Crippen LogP contribution is -2.14. The Kier molecular flexibility index (Phi) is 3.64. The van der Waals surface area contributed by atoms with Gasteiger partial charge in [0, 0.05) is 21.9 Å². The molecule has 1 aromatic rings. The molecule has 0 N–H and O–H groups in total. The molecule has 0 bridgehead atoms. The molecule has 0 aliphatic rings. The predicted molar refractivity (Wildman–Crippen MR) is 61.4 cm³/mol. The monoisotopic (exact) mass is 209 g/mol. The molecule has 0 fully saturated rings. The molecule has 0 spiro atoms. The number of nitrogens with zero attached hydrogens (tertiary/aromatic N) is 1. The van der Waals surface area contributed by atoms with Crippen LogP contribution in [-0.2, 0) is 4.79 Å². The van der Waals surface area contributed by atoms with E-state index >= 15 is 0 Å². The van der Waals surface area contributed by atoms with Crippen LogP contribution in [0.25, 0.3) is 5.57 Å². The third-order valence-corrected chi connectivity index (χ3v) is 2.93. The summed E-state index contributed by atoms with van der Waals surface area (Å²) in [5.74, 6) is 2.04. The maximum Gasteiger partial charge on any atom is 0.129 e. The van der Waals surface area contributed by atoms with Crippen molar-refractivity contribution in [1.82, 2.24) is 4.90 Å². The van der Waals surface area contributed by atoms with E-state index in [1.807, 2.05) is 31.9 Å². The molecule has 0 aliphatic heterocycles. The van der Waals surface area contributed by atoms with E-state index < -0.39 is 0 Å². The third kappa shape index (κ3) is 2.55. The first-order valence-corrected chi connectivity index (χ1v) is 5.32. The van der Waals surface area contributed by atoms with Crippen molar-refractivity contribution in [3.63, 3.8) is 0 Å². The molecule has 3 heteroatoms. The molecule has 0 saturated carbocycles. The number of thiophene rings is 1. The van der Waals surface area contributed by atoms with Crippen molar-refractivity contribution in [2.75, 3.05) is 20.6 Å². The van der Waals surface area contributed by atoms with Gasteiger partial charge in [-0.3, -0.25) is 0 Å². The van der Waals surface area contributed by atoms with Gasteiger partial charge in [0.15, 0.2) is 0 Å². The second kappa shape index (κ2) is 4.56. The fourth-order valence-electron chi connectivity index (χ4n) is 1.42. The minimum absolute atomic E-state index is 0.653. The van der Waals surface area contributed by atoms with Crippen molar-refractivity contribution >= 4 is 22.9 Å². The van der Waals surface area contributed by atoms with Crippen LogP contribution in [0.1, 0.15) is 15.3 Å². The zero-order valence-electron chi connectivity index (χ0n) is 9.05. The summed E-state index contributed by atoms with van der Waals surface area (Å²) in [7, 11) is 3.90. The van der Waals surface area contributed by atoms with Gasteiger partial charge >= 0.3 is 0 Å². The highest BCUT2D eigenvalue weighted by Crippen LogP contribution is 2.25. The van der Waals surface area contributed by atoms with Crippen LogP contribution in [0.2, 0.25) is 0 Å². The van der Waals surface area contributed by atoms with E-state index in [2.05, 4.69) is 13.0 Å². The van der Waals surface area contributed by atoms with Gasteiger partial charge in [-0.05, 0) is 34.0 Å². The van der Waals surface area contributed by atoms with Crippen molar-refractivity contribution in [3.05, 3.63) is 21.4 Å². The van der Waals surface area contributed by atoms with Gasteiger partial charge in [0.05, 0.1) is 5.57 Å². The predicted octanol–water partition coefficient (Wildman–Crippen LogP) is 2.14. The summed E-state index contributed by atoms with van der Waals surface area (Å²) in [6.07, 6.45) is 0. The Morgan fingerprint density at radius 3 is 2.50 bits per heavy atom. The minimum Gasteiger partial charge on any atom is -0.304 e. The Morgan fingerprint density at radius 1 is 1.50 bits per heavy atom. The summed E-state index contributed by atoms with van der Waals surface area (Å²) in [6.45, 7) is 4.75. The number of aryl methyl sites for hydroxylation is 2. The van der Waals surface area contributed by atoms with E-state index in [0.717, 1.165) is 11.1 Å². The molecule has 0 saturated heterocycles. The molecular weight excluding hydrogens is 194 g/mol. The molecule has 0 aromatic carbocycles. The molecule has 0 unspecified atom stereocenters. The second-order valence-corrected chi connectivity index (χ2v) is 5.11. The van der Waals surface area contributed by atoms with Gasteiger partial charge < -0.3 is 4.90 Å². The summed E-state index contributed by atoms with van der Waals surface area (Å²) < 4.78 is 0. The molecule has 0 radical (unpaired) electrons. The summed E-state index contributed by atoms with van der Waals surface area (Å²) >= 11 is 1.72. The smallest absolute Gasteiger partial charge is 0.129 e. The zero-order valence-corrected chi connectivity index (χ0v) is 9.86. The van der Waals surface area contributed by atoms with Crippen molar-refractivity contribution < 1.29 is 4.79 Å². The van der Waals surface area contributed by atoms with Crippen molar-refractivity contribution in [2.45, 2.75) is 13.8 Å². The van der Waals surface area contributed by atoms with Crippen LogP contribution in [0.5, 0.6) is 0 Å². The number of rotatable bonds is 3. The van der Waals surface area contributed by atoms with Gasteiger partial charge in [-0.1, -0.05) is 0 Å². The summed E-state index contributed by atoms with van der Waals surface area (Å²) in [5.41, 5.74) is 1.80. The Hall–Kier alpha value is -0.890. The van der Waals surface area contributed by atoms with Gasteiger partial charge in [0.2, 0.25) is 0 Å². The number of carbonyl (C=O) groups excluding carboxylic acids is 1. The highest BCUT2D eigenvalue weighted by atomic mass is 32.1. The van der Waals surface area contributed by atoms with Gasteiger partial charge in [-0.15, -0.1) is 11.3 Å². The van der Waals surface area contributed by atoms with Crippen molar-refractivity contribution in [1.29, 1.82) is 0 Å². The second-order valence-electron chi connectivity index (χ2n) is 3.65. The molecule has 1 heterocycles. The van der Waals surface area contributed by atoms with E-state index in [1.54, 1.807) is 11.3 Å². The lowest BCUT2D eigenvalue weighted by molar-refractivity contribution is 0.462. The molecular formula is C11H15NOS. The Labute approximate surface area is 88.9 Å².